The Morgan fingerprint density at radius 1 is 0.788 bits per heavy atom. The number of carbonyl (C=O) groups is 2. The minimum absolute atomic E-state index is 0.113. The first-order chi connectivity index (χ1) is 15.5. The number of nitrogens with two attached hydrogens (primary N) is 2. The molecule has 2 rings (SSSR count). The average molecular weight is 518 g/mol. The van der Waals surface area contributed by atoms with Gasteiger partial charge in [-0.3, -0.25) is 9.59 Å². The van der Waals surface area contributed by atoms with E-state index in [2.05, 4.69) is 24.4 Å². The quantitative estimate of drug-likeness (QED) is 0.431. The maximum Gasteiger partial charge on any atom is 0.195 e. The molecule has 0 aliphatic rings. The second-order valence-corrected chi connectivity index (χ2v) is 8.00. The minimum Gasteiger partial charge on any atom is -0.394 e. The van der Waals surface area contributed by atoms with Crippen LogP contribution in [0.3, 0.4) is 0 Å². The predicted octanol–water partition coefficient (Wildman–Crippen LogP) is 4.43. The van der Waals surface area contributed by atoms with Crippen molar-refractivity contribution in [3.8, 4) is 18.2 Å². The van der Waals surface area contributed by atoms with Crippen molar-refractivity contribution in [3.63, 3.8) is 0 Å². The van der Waals surface area contributed by atoms with Gasteiger partial charge in [0.15, 0.2) is 23.4 Å². The standard InChI is InChI=1S/C10H7ClN2OS.C10H5ClN2O.C2H5NS/c11-7-3-1-6(2-4-7)9(14)8(5-12)10(13)15;11-9-3-1-7(2-4-9)10(14)8(5-12)6-13;1-2(3)4/h1-4,8H,(H2,13,15);1-4,8H;1H3,(H2,3,4). The molecular weight excluding hydrogens is 501 g/mol. The highest BCUT2D eigenvalue weighted by atomic mass is 35.5. The summed E-state index contributed by atoms with van der Waals surface area (Å²) < 4.78 is 0. The normalized spacial score (nSPS) is 9.85. The SMILES string of the molecule is CC(N)=S.N#CC(C#N)C(=O)c1ccc(Cl)cc1.N#CC(C(=O)c1ccc(Cl)cc1)C(N)=S. The second-order valence-electron chi connectivity index (χ2n) is 6.01. The third-order valence-corrected chi connectivity index (χ3v) is 4.19. The number of hydrogen-bond acceptors (Lipinski definition) is 7. The molecule has 0 saturated heterocycles. The molecule has 0 amide bonds. The van der Waals surface area contributed by atoms with Gasteiger partial charge in [-0.15, -0.1) is 0 Å². The zero-order chi connectivity index (χ0) is 25.6. The first kappa shape index (κ1) is 29.6. The van der Waals surface area contributed by atoms with Crippen molar-refractivity contribution >= 4 is 69.2 Å². The summed E-state index contributed by atoms with van der Waals surface area (Å²) in [6.45, 7) is 1.68. The summed E-state index contributed by atoms with van der Waals surface area (Å²) in [7, 11) is 0. The molecule has 0 fully saturated rings. The highest BCUT2D eigenvalue weighted by Gasteiger charge is 2.22. The van der Waals surface area contributed by atoms with Crippen LogP contribution in [0.4, 0.5) is 0 Å². The number of nitrogens with zero attached hydrogens (tertiary/aromatic N) is 3. The van der Waals surface area contributed by atoms with E-state index in [1.54, 1.807) is 49.4 Å². The molecule has 2 aromatic carbocycles. The van der Waals surface area contributed by atoms with Gasteiger partial charge in [0, 0.05) is 21.2 Å². The van der Waals surface area contributed by atoms with Crippen molar-refractivity contribution in [3.05, 3.63) is 69.7 Å². The summed E-state index contributed by atoms with van der Waals surface area (Å²) >= 11 is 20.2. The van der Waals surface area contributed by atoms with Crippen molar-refractivity contribution in [1.29, 1.82) is 15.8 Å². The topological polar surface area (TPSA) is 158 Å². The van der Waals surface area contributed by atoms with Gasteiger partial charge in [-0.25, -0.2) is 0 Å². The van der Waals surface area contributed by atoms with Crippen molar-refractivity contribution < 1.29 is 9.59 Å². The maximum atomic E-state index is 11.7. The monoisotopic (exact) mass is 517 g/mol. The Morgan fingerprint density at radius 3 is 1.39 bits per heavy atom. The molecule has 11 heteroatoms. The van der Waals surface area contributed by atoms with Crippen molar-refractivity contribution in [2.75, 3.05) is 0 Å². The molecule has 0 aliphatic heterocycles. The number of hydrogen-bond donors (Lipinski definition) is 2. The van der Waals surface area contributed by atoms with E-state index >= 15 is 0 Å². The summed E-state index contributed by atoms with van der Waals surface area (Å²) in [5, 5.41) is 26.7. The fourth-order valence-electron chi connectivity index (χ4n) is 1.96. The first-order valence-corrected chi connectivity index (χ1v) is 10.4. The molecular formula is C22H17Cl2N5O2S2. The largest absolute Gasteiger partial charge is 0.394 e. The lowest BCUT2D eigenvalue weighted by Crippen LogP contribution is -2.27. The predicted molar refractivity (Wildman–Crippen MR) is 135 cm³/mol. The summed E-state index contributed by atoms with van der Waals surface area (Å²) in [6.07, 6.45) is 0. The fourth-order valence-corrected chi connectivity index (χ4v) is 2.37. The van der Waals surface area contributed by atoms with Crippen LogP contribution in [0.2, 0.25) is 10.0 Å². The summed E-state index contributed by atoms with van der Waals surface area (Å²) in [4.78, 5) is 23.5. The van der Waals surface area contributed by atoms with E-state index in [9.17, 15) is 9.59 Å². The van der Waals surface area contributed by atoms with E-state index < -0.39 is 23.4 Å². The minimum atomic E-state index is -1.24. The van der Waals surface area contributed by atoms with Gasteiger partial charge in [-0.05, 0) is 55.5 Å². The van der Waals surface area contributed by atoms with Gasteiger partial charge in [0.1, 0.15) is 0 Å². The Morgan fingerprint density at radius 2 is 1.12 bits per heavy atom. The molecule has 0 saturated carbocycles. The van der Waals surface area contributed by atoms with Gasteiger partial charge in [0.2, 0.25) is 0 Å². The zero-order valence-corrected chi connectivity index (χ0v) is 20.3. The van der Waals surface area contributed by atoms with E-state index in [1.165, 1.54) is 24.3 Å². The van der Waals surface area contributed by atoms with Crippen LogP contribution in [0, 0.1) is 45.8 Å². The summed E-state index contributed by atoms with van der Waals surface area (Å²) in [5.41, 5.74) is 10.8. The van der Waals surface area contributed by atoms with Crippen LogP contribution < -0.4 is 11.5 Å². The van der Waals surface area contributed by atoms with Gasteiger partial charge in [0.25, 0.3) is 0 Å². The molecule has 0 aromatic heterocycles. The Bertz CT molecular complexity index is 1110. The van der Waals surface area contributed by atoms with Crippen LogP contribution >= 0.6 is 47.6 Å². The average Bonchev–Trinajstić information content (AvgIpc) is 2.75. The molecule has 1 atom stereocenters. The highest BCUT2D eigenvalue weighted by molar-refractivity contribution is 7.80. The molecule has 0 bridgehead atoms. The summed E-state index contributed by atoms with van der Waals surface area (Å²) in [5.74, 6) is -3.20. The molecule has 168 valence electrons. The smallest absolute Gasteiger partial charge is 0.195 e. The van der Waals surface area contributed by atoms with Crippen LogP contribution in [0.5, 0.6) is 0 Å². The number of ketones is 2. The van der Waals surface area contributed by atoms with Crippen molar-refractivity contribution in [1.82, 2.24) is 0 Å². The number of nitriles is 3. The second kappa shape index (κ2) is 15.4. The number of rotatable bonds is 5. The summed E-state index contributed by atoms with van der Waals surface area (Å²) in [6, 6.07) is 17.3. The van der Waals surface area contributed by atoms with E-state index in [-0.39, 0.29) is 4.99 Å². The number of Topliss-reactive ketones (excluding diaryl/α,β-unsaturated/α-hetero) is 2. The Kier molecular flexibility index (Phi) is 13.8. The van der Waals surface area contributed by atoms with Gasteiger partial charge in [0.05, 0.1) is 28.2 Å². The molecule has 4 N–H and O–H groups in total. The number of halogens is 2. The van der Waals surface area contributed by atoms with Crippen LogP contribution in [0.1, 0.15) is 27.6 Å². The number of benzene rings is 2. The number of carbonyl (C=O) groups excluding carboxylic acids is 2. The molecule has 0 heterocycles. The molecule has 1 unspecified atom stereocenters. The first-order valence-electron chi connectivity index (χ1n) is 8.82. The molecule has 7 nitrogen and oxygen atoms in total. The zero-order valence-electron chi connectivity index (χ0n) is 17.2. The van der Waals surface area contributed by atoms with Crippen LogP contribution in [0.25, 0.3) is 0 Å². The molecule has 2 aromatic rings. The van der Waals surface area contributed by atoms with Crippen molar-refractivity contribution in [2.24, 2.45) is 23.3 Å². The van der Waals surface area contributed by atoms with Gasteiger partial charge >= 0.3 is 0 Å². The third-order valence-electron chi connectivity index (χ3n) is 3.45. The molecule has 0 aliphatic carbocycles. The maximum absolute atomic E-state index is 11.7. The Balaban J connectivity index is 0.000000536. The molecule has 33 heavy (non-hydrogen) atoms. The van der Waals surface area contributed by atoms with Gasteiger partial charge in [-0.1, -0.05) is 47.6 Å². The lowest BCUT2D eigenvalue weighted by molar-refractivity contribution is 0.0965. The Hall–Kier alpha value is -3.39. The van der Waals surface area contributed by atoms with Crippen molar-refractivity contribution in [2.45, 2.75) is 6.92 Å². The Labute approximate surface area is 212 Å². The fraction of sp³-hybridized carbons (Fsp3) is 0.136. The van der Waals surface area contributed by atoms with Crippen LogP contribution in [0.15, 0.2) is 48.5 Å². The van der Waals surface area contributed by atoms with E-state index in [0.717, 1.165) is 0 Å². The lowest BCUT2D eigenvalue weighted by atomic mass is 9.99. The van der Waals surface area contributed by atoms with Crippen LogP contribution in [-0.2, 0) is 0 Å². The molecule has 0 spiro atoms. The van der Waals surface area contributed by atoms with Gasteiger partial charge in [-0.2, -0.15) is 15.8 Å². The van der Waals surface area contributed by atoms with E-state index in [1.807, 2.05) is 0 Å². The van der Waals surface area contributed by atoms with E-state index in [0.29, 0.717) is 26.2 Å². The third kappa shape index (κ3) is 11.2. The van der Waals surface area contributed by atoms with E-state index in [4.69, 9.17) is 50.5 Å². The van der Waals surface area contributed by atoms with Gasteiger partial charge < -0.3 is 11.5 Å². The number of thiocarbonyl (C=S) groups is 2. The highest BCUT2D eigenvalue weighted by Crippen LogP contribution is 2.14. The molecule has 0 radical (unpaired) electrons. The van der Waals surface area contributed by atoms with Crippen LogP contribution in [-0.4, -0.2) is 21.5 Å². The lowest BCUT2D eigenvalue weighted by Gasteiger charge is -2.05.